The van der Waals surface area contributed by atoms with Gasteiger partial charge >= 0.3 is 0 Å². The summed E-state index contributed by atoms with van der Waals surface area (Å²) >= 11 is 0. The van der Waals surface area contributed by atoms with Crippen LogP contribution in [-0.2, 0) is 4.79 Å². The van der Waals surface area contributed by atoms with Crippen LogP contribution in [0.4, 0.5) is 0 Å². The van der Waals surface area contributed by atoms with E-state index in [9.17, 15) is 4.79 Å². The number of piperidine rings is 2. The van der Waals surface area contributed by atoms with Gasteiger partial charge in [0.25, 0.3) is 0 Å². The monoisotopic (exact) mass is 236 g/mol. The van der Waals surface area contributed by atoms with Crippen LogP contribution in [0.1, 0.15) is 44.9 Å². The molecule has 2 saturated heterocycles. The third-order valence-corrected chi connectivity index (χ3v) is 4.99. The molecule has 1 saturated carbocycles. The van der Waals surface area contributed by atoms with Gasteiger partial charge in [-0.25, -0.2) is 0 Å². The van der Waals surface area contributed by atoms with Crippen LogP contribution >= 0.6 is 0 Å². The van der Waals surface area contributed by atoms with Crippen LogP contribution in [0, 0.1) is 11.3 Å². The summed E-state index contributed by atoms with van der Waals surface area (Å²) in [6, 6.07) is 0. The van der Waals surface area contributed by atoms with Crippen molar-refractivity contribution < 1.29 is 4.79 Å². The van der Waals surface area contributed by atoms with Crippen LogP contribution in [0.3, 0.4) is 0 Å². The first-order valence-corrected chi connectivity index (χ1v) is 7.29. The fourth-order valence-electron chi connectivity index (χ4n) is 3.69. The maximum absolute atomic E-state index is 12.3. The molecule has 1 spiro atoms. The van der Waals surface area contributed by atoms with Crippen molar-refractivity contribution in [1.82, 2.24) is 10.2 Å². The van der Waals surface area contributed by atoms with Crippen LogP contribution in [0.15, 0.2) is 0 Å². The van der Waals surface area contributed by atoms with E-state index >= 15 is 0 Å². The number of nitrogens with one attached hydrogen (secondary N) is 1. The van der Waals surface area contributed by atoms with Crippen molar-refractivity contribution in [2.24, 2.45) is 11.3 Å². The maximum atomic E-state index is 12.3. The molecule has 0 aromatic rings. The molecule has 3 rings (SSSR count). The van der Waals surface area contributed by atoms with Crippen molar-refractivity contribution >= 4 is 5.91 Å². The summed E-state index contributed by atoms with van der Waals surface area (Å²) in [4.78, 5) is 14.5. The number of likely N-dealkylation sites (tertiary alicyclic amines) is 1. The molecule has 3 aliphatic rings. The molecular formula is C14H24N2O. The zero-order valence-corrected chi connectivity index (χ0v) is 10.7. The molecule has 3 nitrogen and oxygen atoms in total. The summed E-state index contributed by atoms with van der Waals surface area (Å²) in [5.41, 5.74) is 0.413. The van der Waals surface area contributed by atoms with Crippen LogP contribution in [0.2, 0.25) is 0 Å². The van der Waals surface area contributed by atoms with E-state index < -0.39 is 0 Å². The molecule has 3 fully saturated rings. The minimum atomic E-state index is 0.377. The molecule has 3 heteroatoms. The van der Waals surface area contributed by atoms with E-state index in [1.165, 1.54) is 38.6 Å². The van der Waals surface area contributed by atoms with Gasteiger partial charge in [-0.15, -0.1) is 0 Å². The second-order valence-electron chi connectivity index (χ2n) is 6.27. The van der Waals surface area contributed by atoms with E-state index in [1.807, 2.05) is 0 Å². The van der Waals surface area contributed by atoms with E-state index in [2.05, 4.69) is 10.2 Å². The molecule has 0 aromatic heterocycles. The molecule has 0 aromatic carbocycles. The van der Waals surface area contributed by atoms with Crippen LogP contribution in [-0.4, -0.2) is 37.0 Å². The number of nitrogens with zero attached hydrogens (tertiary/aromatic N) is 1. The Kier molecular flexibility index (Phi) is 3.12. The minimum absolute atomic E-state index is 0.377. The average molecular weight is 236 g/mol. The van der Waals surface area contributed by atoms with Gasteiger partial charge < -0.3 is 10.2 Å². The van der Waals surface area contributed by atoms with Crippen molar-refractivity contribution in [1.29, 1.82) is 0 Å². The quantitative estimate of drug-likeness (QED) is 0.752. The lowest BCUT2D eigenvalue weighted by atomic mass is 9.73. The number of hydrogen-bond donors (Lipinski definition) is 1. The fraction of sp³-hybridized carbons (Fsp3) is 0.929. The van der Waals surface area contributed by atoms with E-state index in [4.69, 9.17) is 0 Å². The smallest absolute Gasteiger partial charge is 0.225 e. The van der Waals surface area contributed by atoms with Gasteiger partial charge in [-0.3, -0.25) is 4.79 Å². The van der Waals surface area contributed by atoms with Gasteiger partial charge in [0, 0.05) is 31.0 Å². The maximum Gasteiger partial charge on any atom is 0.225 e. The van der Waals surface area contributed by atoms with Gasteiger partial charge in [0.15, 0.2) is 0 Å². The van der Waals surface area contributed by atoms with E-state index in [0.29, 0.717) is 17.2 Å². The molecule has 0 radical (unpaired) electrons. The van der Waals surface area contributed by atoms with Crippen LogP contribution in [0.5, 0.6) is 0 Å². The highest BCUT2D eigenvalue weighted by Crippen LogP contribution is 2.37. The second kappa shape index (κ2) is 4.60. The molecule has 1 atom stereocenters. The molecule has 2 aliphatic heterocycles. The van der Waals surface area contributed by atoms with Crippen molar-refractivity contribution in [3.63, 3.8) is 0 Å². The largest absolute Gasteiger partial charge is 0.342 e. The normalized spacial score (nSPS) is 34.7. The van der Waals surface area contributed by atoms with Crippen LogP contribution in [0.25, 0.3) is 0 Å². The molecule has 1 aliphatic carbocycles. The number of carbonyl (C=O) groups is 1. The van der Waals surface area contributed by atoms with Gasteiger partial charge in [0.05, 0.1) is 0 Å². The van der Waals surface area contributed by atoms with E-state index in [1.54, 1.807) is 0 Å². The first-order valence-electron chi connectivity index (χ1n) is 7.29. The molecule has 0 unspecified atom stereocenters. The highest BCUT2D eigenvalue weighted by atomic mass is 16.2. The van der Waals surface area contributed by atoms with Gasteiger partial charge in [-0.2, -0.15) is 0 Å². The van der Waals surface area contributed by atoms with Crippen molar-refractivity contribution in [3.8, 4) is 0 Å². The van der Waals surface area contributed by atoms with Crippen LogP contribution < -0.4 is 5.32 Å². The summed E-state index contributed by atoms with van der Waals surface area (Å²) in [5.74, 6) is 0.836. The zero-order chi connectivity index (χ0) is 11.7. The Bertz CT molecular complexity index is 287. The average Bonchev–Trinajstić information content (AvgIpc) is 2.28. The Balaban J connectivity index is 1.64. The molecule has 1 N–H and O–H groups in total. The SMILES string of the molecule is O=C(C1CCC1)N1CCC[C@@]2(CCCNC2)C1. The first-order chi connectivity index (χ1) is 8.29. The molecular weight excluding hydrogens is 212 g/mol. The van der Waals surface area contributed by atoms with Crippen molar-refractivity contribution in [3.05, 3.63) is 0 Å². The summed E-state index contributed by atoms with van der Waals surface area (Å²) in [6.45, 7) is 4.33. The second-order valence-corrected chi connectivity index (χ2v) is 6.27. The fourth-order valence-corrected chi connectivity index (χ4v) is 3.69. The molecule has 2 heterocycles. The van der Waals surface area contributed by atoms with Crippen molar-refractivity contribution in [2.75, 3.05) is 26.2 Å². The zero-order valence-electron chi connectivity index (χ0n) is 10.7. The third kappa shape index (κ3) is 2.22. The number of rotatable bonds is 1. The third-order valence-electron chi connectivity index (χ3n) is 4.99. The highest BCUT2D eigenvalue weighted by Gasteiger charge is 2.40. The van der Waals surface area contributed by atoms with Gasteiger partial charge in [0.2, 0.25) is 5.91 Å². The summed E-state index contributed by atoms with van der Waals surface area (Å²) in [5, 5.41) is 3.52. The Hall–Kier alpha value is -0.570. The lowest BCUT2D eigenvalue weighted by Crippen LogP contribution is -2.54. The number of hydrogen-bond acceptors (Lipinski definition) is 2. The predicted molar refractivity (Wildman–Crippen MR) is 67.7 cm³/mol. The topological polar surface area (TPSA) is 32.3 Å². The predicted octanol–water partition coefficient (Wildman–Crippen LogP) is 1.78. The Morgan fingerprint density at radius 2 is 2.00 bits per heavy atom. The van der Waals surface area contributed by atoms with Gasteiger partial charge in [-0.1, -0.05) is 6.42 Å². The van der Waals surface area contributed by atoms with E-state index in [-0.39, 0.29) is 0 Å². The van der Waals surface area contributed by atoms with Crippen molar-refractivity contribution in [2.45, 2.75) is 44.9 Å². The Morgan fingerprint density at radius 3 is 2.65 bits per heavy atom. The van der Waals surface area contributed by atoms with Gasteiger partial charge in [0.1, 0.15) is 0 Å². The summed E-state index contributed by atoms with van der Waals surface area (Å²) in [7, 11) is 0. The summed E-state index contributed by atoms with van der Waals surface area (Å²) in [6.07, 6.45) is 8.66. The molecule has 96 valence electrons. The lowest BCUT2D eigenvalue weighted by Gasteiger charge is -2.46. The Labute approximate surface area is 104 Å². The number of carbonyl (C=O) groups excluding carboxylic acids is 1. The number of amides is 1. The molecule has 0 bridgehead atoms. The highest BCUT2D eigenvalue weighted by molar-refractivity contribution is 5.79. The lowest BCUT2D eigenvalue weighted by molar-refractivity contribution is -0.142. The standard InChI is InChI=1S/C14H24N2O/c17-13(12-4-1-5-12)16-9-3-7-14(11-16)6-2-8-15-10-14/h12,15H,1-11H2/t14-/m1/s1. The Morgan fingerprint density at radius 1 is 1.18 bits per heavy atom. The van der Waals surface area contributed by atoms with Gasteiger partial charge in [-0.05, 0) is 45.1 Å². The molecule has 17 heavy (non-hydrogen) atoms. The molecule has 1 amide bonds. The van der Waals surface area contributed by atoms with E-state index in [0.717, 1.165) is 32.5 Å². The first kappa shape index (κ1) is 11.5. The summed E-state index contributed by atoms with van der Waals surface area (Å²) < 4.78 is 0. The minimum Gasteiger partial charge on any atom is -0.342 e.